The SMILES string of the molecule is C[C@@]1(O)c2cc(-c3cnc[nH]3)ccc2-c2ccc(-c3cnc(C4CCCN4C=O)[nH]3)cc21. The molecule has 2 aromatic carbocycles. The summed E-state index contributed by atoms with van der Waals surface area (Å²) < 4.78 is 0. The molecule has 160 valence electrons. The maximum Gasteiger partial charge on any atom is 0.210 e. The molecule has 7 nitrogen and oxygen atoms in total. The Morgan fingerprint density at radius 3 is 2.47 bits per heavy atom. The van der Waals surface area contributed by atoms with Gasteiger partial charge in [0.25, 0.3) is 0 Å². The van der Waals surface area contributed by atoms with Crippen molar-refractivity contribution in [2.75, 3.05) is 6.54 Å². The highest BCUT2D eigenvalue weighted by Crippen LogP contribution is 2.49. The number of likely N-dealkylation sites (tertiary alicyclic amines) is 1. The van der Waals surface area contributed by atoms with E-state index < -0.39 is 5.60 Å². The summed E-state index contributed by atoms with van der Waals surface area (Å²) in [6.45, 7) is 2.61. The molecule has 1 aliphatic carbocycles. The summed E-state index contributed by atoms with van der Waals surface area (Å²) in [7, 11) is 0. The summed E-state index contributed by atoms with van der Waals surface area (Å²) >= 11 is 0. The van der Waals surface area contributed by atoms with Crippen LogP contribution in [0.4, 0.5) is 0 Å². The number of nitrogens with zero attached hydrogens (tertiary/aromatic N) is 3. The summed E-state index contributed by atoms with van der Waals surface area (Å²) in [4.78, 5) is 28.3. The van der Waals surface area contributed by atoms with Gasteiger partial charge in [0, 0.05) is 6.54 Å². The van der Waals surface area contributed by atoms with E-state index in [1.807, 2.05) is 31.3 Å². The van der Waals surface area contributed by atoms with E-state index >= 15 is 0 Å². The molecule has 6 rings (SSSR count). The minimum Gasteiger partial charge on any atom is -0.381 e. The minimum atomic E-state index is -1.11. The van der Waals surface area contributed by atoms with Crippen molar-refractivity contribution < 1.29 is 9.90 Å². The molecule has 0 bridgehead atoms. The van der Waals surface area contributed by atoms with Crippen LogP contribution in [-0.4, -0.2) is 42.9 Å². The molecule has 1 fully saturated rings. The van der Waals surface area contributed by atoms with E-state index in [9.17, 15) is 9.90 Å². The van der Waals surface area contributed by atoms with Gasteiger partial charge in [-0.25, -0.2) is 9.97 Å². The molecule has 4 aromatic rings. The lowest BCUT2D eigenvalue weighted by molar-refractivity contribution is -0.119. The van der Waals surface area contributed by atoms with Crippen molar-refractivity contribution in [2.24, 2.45) is 0 Å². The number of aromatic nitrogens is 4. The second-order valence-corrected chi connectivity index (χ2v) is 8.74. The van der Waals surface area contributed by atoms with Crippen molar-refractivity contribution in [1.82, 2.24) is 24.8 Å². The van der Waals surface area contributed by atoms with E-state index in [1.54, 1.807) is 17.4 Å². The summed E-state index contributed by atoms with van der Waals surface area (Å²) in [6, 6.07) is 12.3. The number of rotatable bonds is 4. The smallest absolute Gasteiger partial charge is 0.210 e. The fraction of sp³-hybridized carbons (Fsp3) is 0.240. The summed E-state index contributed by atoms with van der Waals surface area (Å²) in [5.41, 5.74) is 6.47. The fourth-order valence-electron chi connectivity index (χ4n) is 5.12. The number of benzene rings is 2. The standard InChI is InChI=1S/C25H23N5O2/c1-25(32)19-9-15(21-11-26-13-28-21)4-6-17(19)18-7-5-16(10-20(18)25)22-12-27-24(29-22)23-3-2-8-30(23)14-31/h4-7,9-14,23,32H,2-3,8H2,1H3,(H,26,28)(H,27,29)/t23?,25-/m1/s1. The van der Waals surface area contributed by atoms with Gasteiger partial charge in [-0.05, 0) is 65.3 Å². The average molecular weight is 425 g/mol. The molecule has 1 unspecified atom stereocenters. The highest BCUT2D eigenvalue weighted by atomic mass is 16.3. The van der Waals surface area contributed by atoms with Crippen molar-refractivity contribution >= 4 is 6.41 Å². The first kappa shape index (κ1) is 19.0. The van der Waals surface area contributed by atoms with Gasteiger partial charge >= 0.3 is 0 Å². The van der Waals surface area contributed by atoms with Crippen LogP contribution in [0.3, 0.4) is 0 Å². The maximum atomic E-state index is 11.5. The van der Waals surface area contributed by atoms with Gasteiger partial charge in [0.15, 0.2) is 0 Å². The zero-order valence-corrected chi connectivity index (χ0v) is 17.7. The van der Waals surface area contributed by atoms with Gasteiger partial charge in [-0.1, -0.05) is 24.3 Å². The number of H-pyrrole nitrogens is 2. The van der Waals surface area contributed by atoms with E-state index in [0.717, 1.165) is 76.4 Å². The van der Waals surface area contributed by atoms with Gasteiger partial charge in [0.1, 0.15) is 11.4 Å². The second kappa shape index (κ2) is 6.90. The van der Waals surface area contributed by atoms with Crippen LogP contribution in [0.5, 0.6) is 0 Å². The molecule has 2 atom stereocenters. The molecule has 1 amide bonds. The Hall–Kier alpha value is -3.71. The fourth-order valence-corrected chi connectivity index (χ4v) is 5.12. The predicted molar refractivity (Wildman–Crippen MR) is 120 cm³/mol. The Morgan fingerprint density at radius 1 is 1.09 bits per heavy atom. The molecular weight excluding hydrogens is 402 g/mol. The lowest BCUT2D eigenvalue weighted by atomic mass is 9.91. The van der Waals surface area contributed by atoms with Crippen molar-refractivity contribution in [3.8, 4) is 33.6 Å². The lowest BCUT2D eigenvalue weighted by Gasteiger charge is -2.21. The zero-order valence-electron chi connectivity index (χ0n) is 17.7. The number of nitrogens with one attached hydrogen (secondary N) is 2. The molecule has 0 spiro atoms. The first-order valence-electron chi connectivity index (χ1n) is 10.8. The molecule has 1 aliphatic heterocycles. The number of aromatic amines is 2. The molecule has 2 aliphatic rings. The molecule has 0 radical (unpaired) electrons. The van der Waals surface area contributed by atoms with E-state index in [1.165, 1.54) is 0 Å². The Bertz CT molecular complexity index is 1320. The van der Waals surface area contributed by atoms with Crippen molar-refractivity contribution in [2.45, 2.75) is 31.4 Å². The first-order chi connectivity index (χ1) is 15.6. The van der Waals surface area contributed by atoms with E-state index in [4.69, 9.17) is 0 Å². The third kappa shape index (κ3) is 2.74. The van der Waals surface area contributed by atoms with Crippen LogP contribution in [0.2, 0.25) is 0 Å². The van der Waals surface area contributed by atoms with Crippen molar-refractivity contribution in [3.63, 3.8) is 0 Å². The Kier molecular flexibility index (Phi) is 4.10. The third-order valence-corrected chi connectivity index (χ3v) is 6.84. The highest BCUT2D eigenvalue weighted by Gasteiger charge is 2.38. The second-order valence-electron chi connectivity index (χ2n) is 8.74. The van der Waals surface area contributed by atoms with Crippen LogP contribution >= 0.6 is 0 Å². The summed E-state index contributed by atoms with van der Waals surface area (Å²) in [5.74, 6) is 0.810. The van der Waals surface area contributed by atoms with E-state index in [0.29, 0.717) is 0 Å². The Balaban J connectivity index is 1.38. The number of hydrogen-bond acceptors (Lipinski definition) is 4. The topological polar surface area (TPSA) is 97.9 Å². The van der Waals surface area contributed by atoms with Gasteiger partial charge in [0.2, 0.25) is 6.41 Å². The Morgan fingerprint density at radius 2 is 1.81 bits per heavy atom. The van der Waals surface area contributed by atoms with Gasteiger partial charge in [-0.3, -0.25) is 4.79 Å². The van der Waals surface area contributed by atoms with E-state index in [-0.39, 0.29) is 6.04 Å². The normalized spacial score (nSPS) is 21.6. The number of aliphatic hydroxyl groups is 1. The third-order valence-electron chi connectivity index (χ3n) is 6.84. The molecule has 0 saturated carbocycles. The quantitative estimate of drug-likeness (QED) is 0.431. The zero-order chi connectivity index (χ0) is 21.9. The van der Waals surface area contributed by atoms with Crippen LogP contribution < -0.4 is 0 Å². The predicted octanol–water partition coefficient (Wildman–Crippen LogP) is 4.00. The number of carbonyl (C=O) groups is 1. The van der Waals surface area contributed by atoms with Gasteiger partial charge in [0.05, 0.1) is 36.2 Å². The lowest BCUT2D eigenvalue weighted by Crippen LogP contribution is -2.21. The first-order valence-corrected chi connectivity index (χ1v) is 10.8. The van der Waals surface area contributed by atoms with Crippen molar-refractivity contribution in [3.05, 3.63) is 72.1 Å². The van der Waals surface area contributed by atoms with Crippen LogP contribution in [0, 0.1) is 0 Å². The average Bonchev–Trinajstić information content (AvgIpc) is 3.60. The number of imidazole rings is 2. The number of amides is 1. The molecule has 3 heterocycles. The molecule has 2 aromatic heterocycles. The maximum absolute atomic E-state index is 11.5. The molecule has 32 heavy (non-hydrogen) atoms. The molecule has 3 N–H and O–H groups in total. The minimum absolute atomic E-state index is 0.00365. The molecular formula is C25H23N5O2. The van der Waals surface area contributed by atoms with Gasteiger partial charge in [-0.2, -0.15) is 0 Å². The number of fused-ring (bicyclic) bond motifs is 3. The van der Waals surface area contributed by atoms with Crippen LogP contribution in [0.25, 0.3) is 33.6 Å². The van der Waals surface area contributed by atoms with Crippen LogP contribution in [0.15, 0.2) is 55.1 Å². The highest BCUT2D eigenvalue weighted by molar-refractivity contribution is 5.84. The van der Waals surface area contributed by atoms with E-state index in [2.05, 4.69) is 38.1 Å². The van der Waals surface area contributed by atoms with Crippen LogP contribution in [-0.2, 0) is 10.4 Å². The summed E-state index contributed by atoms with van der Waals surface area (Å²) in [5, 5.41) is 11.5. The molecule has 1 saturated heterocycles. The van der Waals surface area contributed by atoms with Gasteiger partial charge in [-0.15, -0.1) is 0 Å². The molecule has 7 heteroatoms. The largest absolute Gasteiger partial charge is 0.381 e. The summed E-state index contributed by atoms with van der Waals surface area (Å²) in [6.07, 6.45) is 8.05. The number of carbonyl (C=O) groups excluding carboxylic acids is 1. The monoisotopic (exact) mass is 425 g/mol. The van der Waals surface area contributed by atoms with Gasteiger partial charge < -0.3 is 20.0 Å². The number of hydrogen-bond donors (Lipinski definition) is 3. The van der Waals surface area contributed by atoms with Crippen molar-refractivity contribution in [1.29, 1.82) is 0 Å². The van der Waals surface area contributed by atoms with Crippen LogP contribution in [0.1, 0.15) is 42.8 Å². The Labute approximate surface area is 185 Å².